The Balaban J connectivity index is 2.93. The smallest absolute Gasteiger partial charge is 0.303 e. The quantitative estimate of drug-likeness (QED) is 0.465. The molecular weight excluding hydrogens is 251 g/mol. The van der Waals surface area contributed by atoms with Gasteiger partial charge in [-0.2, -0.15) is 13.2 Å². The zero-order valence-corrected chi connectivity index (χ0v) is 9.18. The molecule has 0 aliphatic carbocycles. The van der Waals surface area contributed by atoms with Crippen molar-refractivity contribution < 1.29 is 22.9 Å². The monoisotopic (exact) mass is 261 g/mol. The molecule has 1 aromatic carbocycles. The molecule has 0 aromatic heterocycles. The SMILES string of the molecule is O=CCC(C[N+](=O)[O-])c1ccc(C(F)(F)F)cc1. The van der Waals surface area contributed by atoms with Crippen molar-refractivity contribution in [1.82, 2.24) is 0 Å². The Morgan fingerprint density at radius 2 is 1.83 bits per heavy atom. The molecule has 0 radical (unpaired) electrons. The van der Waals surface area contributed by atoms with Gasteiger partial charge in [0.15, 0.2) is 0 Å². The van der Waals surface area contributed by atoms with Crippen molar-refractivity contribution in [2.24, 2.45) is 0 Å². The minimum absolute atomic E-state index is 0.0909. The van der Waals surface area contributed by atoms with E-state index in [4.69, 9.17) is 0 Å². The molecule has 4 nitrogen and oxygen atoms in total. The minimum atomic E-state index is -4.44. The highest BCUT2D eigenvalue weighted by Gasteiger charge is 2.30. The van der Waals surface area contributed by atoms with Crippen molar-refractivity contribution in [2.75, 3.05) is 6.54 Å². The molecule has 18 heavy (non-hydrogen) atoms. The van der Waals surface area contributed by atoms with Gasteiger partial charge in [-0.1, -0.05) is 12.1 Å². The van der Waals surface area contributed by atoms with Crippen LogP contribution in [0, 0.1) is 10.1 Å². The Morgan fingerprint density at radius 3 is 2.22 bits per heavy atom. The van der Waals surface area contributed by atoms with Crippen molar-refractivity contribution in [3.63, 3.8) is 0 Å². The van der Waals surface area contributed by atoms with Crippen molar-refractivity contribution >= 4 is 6.29 Å². The normalized spacial score (nSPS) is 13.1. The second-order valence-electron chi connectivity index (χ2n) is 3.73. The zero-order valence-electron chi connectivity index (χ0n) is 9.18. The van der Waals surface area contributed by atoms with Crippen molar-refractivity contribution in [2.45, 2.75) is 18.5 Å². The van der Waals surface area contributed by atoms with Crippen LogP contribution in [0.4, 0.5) is 13.2 Å². The number of hydrogen-bond acceptors (Lipinski definition) is 3. The number of carbonyl (C=O) groups excluding carboxylic acids is 1. The van der Waals surface area contributed by atoms with Crippen LogP contribution in [0.5, 0.6) is 0 Å². The summed E-state index contributed by atoms with van der Waals surface area (Å²) in [4.78, 5) is 20.2. The lowest BCUT2D eigenvalue weighted by atomic mass is 9.95. The third-order valence-corrected chi connectivity index (χ3v) is 2.46. The summed E-state index contributed by atoms with van der Waals surface area (Å²) in [6.07, 6.45) is -4.01. The van der Waals surface area contributed by atoms with Gasteiger partial charge in [-0.05, 0) is 17.7 Å². The molecule has 1 unspecified atom stereocenters. The van der Waals surface area contributed by atoms with Gasteiger partial charge < -0.3 is 4.79 Å². The van der Waals surface area contributed by atoms with Crippen LogP contribution in [0.2, 0.25) is 0 Å². The molecule has 0 N–H and O–H groups in total. The fourth-order valence-electron chi connectivity index (χ4n) is 1.56. The topological polar surface area (TPSA) is 60.2 Å². The van der Waals surface area contributed by atoms with Crippen LogP contribution >= 0.6 is 0 Å². The van der Waals surface area contributed by atoms with Gasteiger partial charge in [0.2, 0.25) is 6.54 Å². The minimum Gasteiger partial charge on any atom is -0.303 e. The molecule has 0 aliphatic rings. The van der Waals surface area contributed by atoms with Gasteiger partial charge in [0.05, 0.1) is 11.5 Å². The number of carbonyl (C=O) groups is 1. The van der Waals surface area contributed by atoms with E-state index in [1.54, 1.807) is 0 Å². The average molecular weight is 261 g/mol. The van der Waals surface area contributed by atoms with E-state index in [0.29, 0.717) is 11.8 Å². The Hall–Kier alpha value is -1.92. The Labute approximate surface area is 101 Å². The molecule has 0 amide bonds. The van der Waals surface area contributed by atoms with E-state index in [9.17, 15) is 28.1 Å². The van der Waals surface area contributed by atoms with Crippen molar-refractivity contribution in [3.8, 4) is 0 Å². The van der Waals surface area contributed by atoms with Crippen LogP contribution in [-0.2, 0) is 11.0 Å². The van der Waals surface area contributed by atoms with Crippen molar-refractivity contribution in [3.05, 3.63) is 45.5 Å². The number of hydrogen-bond donors (Lipinski definition) is 0. The lowest BCUT2D eigenvalue weighted by Crippen LogP contribution is -2.13. The first-order valence-electron chi connectivity index (χ1n) is 5.07. The summed E-state index contributed by atoms with van der Waals surface area (Å²) in [7, 11) is 0. The van der Waals surface area contributed by atoms with Crippen LogP contribution in [0.3, 0.4) is 0 Å². The molecule has 0 heterocycles. The van der Waals surface area contributed by atoms with Gasteiger partial charge in [0, 0.05) is 11.3 Å². The summed E-state index contributed by atoms with van der Waals surface area (Å²) < 4.78 is 36.9. The highest BCUT2D eigenvalue weighted by molar-refractivity contribution is 5.51. The van der Waals surface area contributed by atoms with E-state index in [-0.39, 0.29) is 6.42 Å². The molecule has 7 heteroatoms. The molecule has 0 saturated heterocycles. The largest absolute Gasteiger partial charge is 0.416 e. The maximum Gasteiger partial charge on any atom is 0.416 e. The summed E-state index contributed by atoms with van der Waals surface area (Å²) in [6, 6.07) is 4.04. The Kier molecular flexibility index (Phi) is 4.41. The predicted octanol–water partition coefficient (Wildman–Crippen LogP) is 2.65. The number of alkyl halides is 3. The van der Waals surface area contributed by atoms with Crippen LogP contribution in [0.1, 0.15) is 23.5 Å². The molecule has 1 rings (SSSR count). The summed E-state index contributed by atoms with van der Waals surface area (Å²) in [5.74, 6) is -0.695. The summed E-state index contributed by atoms with van der Waals surface area (Å²) in [5, 5.41) is 10.4. The van der Waals surface area contributed by atoms with Gasteiger partial charge in [-0.25, -0.2) is 0 Å². The van der Waals surface area contributed by atoms with Gasteiger partial charge in [-0.15, -0.1) is 0 Å². The van der Waals surface area contributed by atoms with Crippen LogP contribution < -0.4 is 0 Å². The number of halogens is 3. The summed E-state index contributed by atoms with van der Waals surface area (Å²) in [6.45, 7) is -0.482. The average Bonchev–Trinajstić information content (AvgIpc) is 2.27. The molecule has 0 fully saturated rings. The van der Waals surface area contributed by atoms with Gasteiger partial charge >= 0.3 is 6.18 Å². The second kappa shape index (κ2) is 5.61. The third-order valence-electron chi connectivity index (χ3n) is 2.46. The molecule has 1 aromatic rings. The van der Waals surface area contributed by atoms with E-state index in [0.717, 1.165) is 12.1 Å². The van der Waals surface area contributed by atoms with E-state index < -0.39 is 29.1 Å². The summed E-state index contributed by atoms with van der Waals surface area (Å²) in [5.41, 5.74) is -0.469. The molecule has 98 valence electrons. The molecular formula is C11H10F3NO3. The van der Waals surface area contributed by atoms with E-state index in [1.165, 1.54) is 12.1 Å². The van der Waals surface area contributed by atoms with E-state index >= 15 is 0 Å². The van der Waals surface area contributed by atoms with E-state index in [1.807, 2.05) is 0 Å². The lowest BCUT2D eigenvalue weighted by molar-refractivity contribution is -0.483. The number of nitrogens with zero attached hydrogens (tertiary/aromatic N) is 1. The number of nitro groups is 1. The number of benzene rings is 1. The second-order valence-corrected chi connectivity index (χ2v) is 3.73. The van der Waals surface area contributed by atoms with E-state index in [2.05, 4.69) is 0 Å². The zero-order chi connectivity index (χ0) is 13.8. The molecule has 0 spiro atoms. The van der Waals surface area contributed by atoms with Crippen molar-refractivity contribution in [1.29, 1.82) is 0 Å². The predicted molar refractivity (Wildman–Crippen MR) is 56.7 cm³/mol. The fraction of sp³-hybridized carbons (Fsp3) is 0.364. The standard InChI is InChI=1S/C11H10F3NO3/c12-11(13,14)10-3-1-8(2-4-10)9(5-6-16)7-15(17)18/h1-4,6,9H,5,7H2. The number of rotatable bonds is 5. The van der Waals surface area contributed by atoms with Gasteiger partial charge in [0.1, 0.15) is 6.29 Å². The molecule has 0 saturated carbocycles. The first kappa shape index (κ1) is 14.1. The van der Waals surface area contributed by atoms with Crippen LogP contribution in [-0.4, -0.2) is 17.8 Å². The molecule has 1 atom stereocenters. The van der Waals surface area contributed by atoms with Crippen LogP contribution in [0.25, 0.3) is 0 Å². The summed E-state index contributed by atoms with van der Waals surface area (Å²) >= 11 is 0. The maximum absolute atomic E-state index is 12.3. The number of aldehydes is 1. The fourth-order valence-corrected chi connectivity index (χ4v) is 1.56. The first-order valence-corrected chi connectivity index (χ1v) is 5.07. The molecule has 0 bridgehead atoms. The Morgan fingerprint density at radius 1 is 1.28 bits per heavy atom. The van der Waals surface area contributed by atoms with Gasteiger partial charge in [-0.3, -0.25) is 10.1 Å². The third kappa shape index (κ3) is 3.83. The van der Waals surface area contributed by atoms with Gasteiger partial charge in [0.25, 0.3) is 0 Å². The molecule has 0 aliphatic heterocycles. The van der Waals surface area contributed by atoms with Crippen LogP contribution in [0.15, 0.2) is 24.3 Å². The first-order chi connectivity index (χ1) is 8.34. The maximum atomic E-state index is 12.3. The Bertz CT molecular complexity index is 428. The lowest BCUT2D eigenvalue weighted by Gasteiger charge is -2.12. The highest BCUT2D eigenvalue weighted by Crippen LogP contribution is 2.30. The highest BCUT2D eigenvalue weighted by atomic mass is 19.4.